The second kappa shape index (κ2) is 6.67. The Balaban J connectivity index is 1.48. The van der Waals surface area contributed by atoms with Gasteiger partial charge in [0.05, 0.1) is 10.7 Å². The van der Waals surface area contributed by atoms with E-state index in [1.807, 2.05) is 30.1 Å². The topological polar surface area (TPSA) is 45.2 Å². The molecule has 1 aliphatic heterocycles. The maximum Gasteiger partial charge on any atom is 0.225 e. The molecule has 4 nitrogen and oxygen atoms in total. The van der Waals surface area contributed by atoms with Crippen molar-refractivity contribution in [1.82, 2.24) is 15.2 Å². The number of thiazole rings is 1. The maximum absolute atomic E-state index is 12.1. The van der Waals surface area contributed by atoms with Crippen LogP contribution in [-0.2, 0) is 11.3 Å². The fourth-order valence-electron chi connectivity index (χ4n) is 3.17. The highest BCUT2D eigenvalue weighted by atomic mass is 32.1. The normalized spacial score (nSPS) is 25.7. The van der Waals surface area contributed by atoms with E-state index in [2.05, 4.69) is 17.6 Å². The molecule has 2 aliphatic rings. The van der Waals surface area contributed by atoms with E-state index in [1.165, 1.54) is 23.5 Å². The van der Waals surface area contributed by atoms with E-state index in [9.17, 15) is 4.79 Å². The fourth-order valence-corrected chi connectivity index (χ4v) is 4.16. The minimum atomic E-state index is 0.104. The Hall–Kier alpha value is -0.940. The highest BCUT2D eigenvalue weighted by molar-refractivity contribution is 7.09. The van der Waals surface area contributed by atoms with Crippen LogP contribution in [0.25, 0.3) is 0 Å². The molecule has 1 saturated carbocycles. The highest BCUT2D eigenvalue weighted by Gasteiger charge is 2.30. The molecule has 1 N–H and O–H groups in total. The molecule has 1 aromatic heterocycles. The number of amides is 1. The lowest BCUT2D eigenvalue weighted by Crippen LogP contribution is -2.50. The fraction of sp³-hybridized carbons (Fsp3) is 0.765. The van der Waals surface area contributed by atoms with Crippen LogP contribution in [0.5, 0.6) is 0 Å². The number of rotatable bonds is 5. The largest absolute Gasteiger partial charge is 0.342 e. The number of nitrogens with one attached hydrogen (secondary N) is 1. The molecule has 0 spiro atoms. The number of hydrogen-bond donors (Lipinski definition) is 1. The van der Waals surface area contributed by atoms with Crippen LogP contribution < -0.4 is 5.32 Å². The molecule has 0 bridgehead atoms. The van der Waals surface area contributed by atoms with Gasteiger partial charge in [0.2, 0.25) is 5.91 Å². The number of piperidine rings is 1. The summed E-state index contributed by atoms with van der Waals surface area (Å²) in [5, 5.41) is 7.17. The molecule has 1 aromatic rings. The zero-order valence-corrected chi connectivity index (χ0v) is 14.7. The van der Waals surface area contributed by atoms with E-state index < -0.39 is 0 Å². The first-order chi connectivity index (χ1) is 10.5. The third-order valence-electron chi connectivity index (χ3n) is 4.75. The van der Waals surface area contributed by atoms with E-state index in [1.54, 1.807) is 0 Å². The molecular weight excluding hydrogens is 294 g/mol. The quantitative estimate of drug-likeness (QED) is 0.907. The molecular formula is C17H27N3OS. The van der Waals surface area contributed by atoms with Crippen molar-refractivity contribution in [2.45, 2.75) is 58.5 Å². The standard InChI is InChI=1S/C17H27N3OS/c1-11(2)17(21)20-7-6-15(12(3)9-20)18-8-14-10-22-16(19-14)13-4-5-13/h10-13,15,18H,4-9H2,1-3H3. The molecule has 1 saturated heterocycles. The van der Waals surface area contributed by atoms with E-state index >= 15 is 0 Å². The van der Waals surface area contributed by atoms with Gasteiger partial charge in [0.15, 0.2) is 0 Å². The smallest absolute Gasteiger partial charge is 0.225 e. The molecule has 0 aromatic carbocycles. The monoisotopic (exact) mass is 321 g/mol. The number of aromatic nitrogens is 1. The lowest BCUT2D eigenvalue weighted by Gasteiger charge is -2.38. The van der Waals surface area contributed by atoms with Gasteiger partial charge >= 0.3 is 0 Å². The Morgan fingerprint density at radius 3 is 2.86 bits per heavy atom. The summed E-state index contributed by atoms with van der Waals surface area (Å²) in [6, 6.07) is 0.488. The first-order valence-corrected chi connectivity index (χ1v) is 9.39. The van der Waals surface area contributed by atoms with Crippen molar-refractivity contribution in [2.24, 2.45) is 11.8 Å². The van der Waals surface area contributed by atoms with Gasteiger partial charge in [-0.25, -0.2) is 4.98 Å². The summed E-state index contributed by atoms with van der Waals surface area (Å²) in [6.45, 7) is 8.82. The van der Waals surface area contributed by atoms with Crippen LogP contribution >= 0.6 is 11.3 Å². The first-order valence-electron chi connectivity index (χ1n) is 8.51. The van der Waals surface area contributed by atoms with Crippen molar-refractivity contribution in [2.75, 3.05) is 13.1 Å². The lowest BCUT2D eigenvalue weighted by atomic mass is 9.93. The number of hydrogen-bond acceptors (Lipinski definition) is 4. The lowest BCUT2D eigenvalue weighted by molar-refractivity contribution is -0.136. The predicted molar refractivity (Wildman–Crippen MR) is 89.9 cm³/mol. The second-order valence-electron chi connectivity index (χ2n) is 7.14. The number of carbonyl (C=O) groups is 1. The molecule has 5 heteroatoms. The molecule has 0 radical (unpaired) electrons. The van der Waals surface area contributed by atoms with Crippen molar-refractivity contribution >= 4 is 17.2 Å². The zero-order valence-electron chi connectivity index (χ0n) is 13.8. The van der Waals surface area contributed by atoms with E-state index in [0.717, 1.165) is 32.0 Å². The summed E-state index contributed by atoms with van der Waals surface area (Å²) in [6.07, 6.45) is 3.68. The Morgan fingerprint density at radius 2 is 2.23 bits per heavy atom. The molecule has 2 unspecified atom stereocenters. The van der Waals surface area contributed by atoms with Crippen molar-refractivity contribution in [3.8, 4) is 0 Å². The van der Waals surface area contributed by atoms with Gasteiger partial charge in [-0.1, -0.05) is 20.8 Å². The Kier molecular flexibility index (Phi) is 4.83. The number of nitrogens with zero attached hydrogens (tertiary/aromatic N) is 2. The van der Waals surface area contributed by atoms with Crippen LogP contribution in [0.2, 0.25) is 0 Å². The highest BCUT2D eigenvalue weighted by Crippen LogP contribution is 2.41. The third kappa shape index (κ3) is 3.69. The Bertz CT molecular complexity index is 524. The molecule has 2 heterocycles. The summed E-state index contributed by atoms with van der Waals surface area (Å²) >= 11 is 1.81. The summed E-state index contributed by atoms with van der Waals surface area (Å²) in [5.41, 5.74) is 1.18. The average molecular weight is 321 g/mol. The third-order valence-corrected chi connectivity index (χ3v) is 5.81. The van der Waals surface area contributed by atoms with Gasteiger partial charge in [0.25, 0.3) is 0 Å². The minimum Gasteiger partial charge on any atom is -0.342 e. The zero-order chi connectivity index (χ0) is 15.7. The van der Waals surface area contributed by atoms with E-state index in [4.69, 9.17) is 4.98 Å². The van der Waals surface area contributed by atoms with Crippen LogP contribution in [0.1, 0.15) is 56.7 Å². The Labute approximate surface area is 137 Å². The minimum absolute atomic E-state index is 0.104. The van der Waals surface area contributed by atoms with Gasteiger partial charge in [0, 0.05) is 42.9 Å². The van der Waals surface area contributed by atoms with Crippen LogP contribution in [0.15, 0.2) is 5.38 Å². The average Bonchev–Trinajstić information content (AvgIpc) is 3.24. The van der Waals surface area contributed by atoms with Crippen LogP contribution in [-0.4, -0.2) is 34.9 Å². The summed E-state index contributed by atoms with van der Waals surface area (Å²) in [4.78, 5) is 18.9. The number of likely N-dealkylation sites (tertiary alicyclic amines) is 1. The summed E-state index contributed by atoms with van der Waals surface area (Å²) < 4.78 is 0. The molecule has 2 fully saturated rings. The van der Waals surface area contributed by atoms with Crippen molar-refractivity contribution in [3.05, 3.63) is 16.1 Å². The Morgan fingerprint density at radius 1 is 1.45 bits per heavy atom. The van der Waals surface area contributed by atoms with Gasteiger partial charge < -0.3 is 10.2 Å². The van der Waals surface area contributed by atoms with Crippen LogP contribution in [0.4, 0.5) is 0 Å². The van der Waals surface area contributed by atoms with Crippen LogP contribution in [0.3, 0.4) is 0 Å². The van der Waals surface area contributed by atoms with Gasteiger partial charge in [-0.05, 0) is 25.2 Å². The maximum atomic E-state index is 12.1. The van der Waals surface area contributed by atoms with Crippen molar-refractivity contribution in [1.29, 1.82) is 0 Å². The predicted octanol–water partition coefficient (Wildman–Crippen LogP) is 3.00. The molecule has 3 rings (SSSR count). The molecule has 22 heavy (non-hydrogen) atoms. The first kappa shape index (κ1) is 15.9. The van der Waals surface area contributed by atoms with Crippen LogP contribution in [0, 0.1) is 11.8 Å². The summed E-state index contributed by atoms with van der Waals surface area (Å²) in [5.74, 6) is 1.65. The van der Waals surface area contributed by atoms with Gasteiger partial charge in [-0.15, -0.1) is 11.3 Å². The van der Waals surface area contributed by atoms with Crippen molar-refractivity contribution in [3.63, 3.8) is 0 Å². The van der Waals surface area contributed by atoms with Gasteiger partial charge in [-0.3, -0.25) is 4.79 Å². The molecule has 2 atom stereocenters. The van der Waals surface area contributed by atoms with Gasteiger partial charge in [-0.2, -0.15) is 0 Å². The number of carbonyl (C=O) groups excluding carboxylic acids is 1. The van der Waals surface area contributed by atoms with Crippen molar-refractivity contribution < 1.29 is 4.79 Å². The molecule has 1 amide bonds. The molecule has 122 valence electrons. The summed E-state index contributed by atoms with van der Waals surface area (Å²) in [7, 11) is 0. The second-order valence-corrected chi connectivity index (χ2v) is 8.03. The van der Waals surface area contributed by atoms with E-state index in [0.29, 0.717) is 17.9 Å². The van der Waals surface area contributed by atoms with Gasteiger partial charge in [0.1, 0.15) is 0 Å². The SMILES string of the molecule is CC(C)C(=O)N1CCC(NCc2csc(C3CC3)n2)C(C)C1. The van der Waals surface area contributed by atoms with E-state index in [-0.39, 0.29) is 5.92 Å². The molecule has 1 aliphatic carbocycles.